The summed E-state index contributed by atoms with van der Waals surface area (Å²) in [5.41, 5.74) is 0. The van der Waals surface area contributed by atoms with E-state index in [1.807, 2.05) is 18.2 Å². The van der Waals surface area contributed by atoms with Gasteiger partial charge >= 0.3 is 17.9 Å². The minimum absolute atomic E-state index is 0.120. The summed E-state index contributed by atoms with van der Waals surface area (Å²) in [6.07, 6.45) is 65.5. The molecular weight excluding hydrogens is 757 g/mol. The molecule has 61 heavy (non-hydrogen) atoms. The molecule has 0 radical (unpaired) electrons. The molecule has 0 rings (SSSR count). The first-order valence-electron chi connectivity index (χ1n) is 24.4. The average Bonchev–Trinajstić information content (AvgIpc) is 3.26. The Morgan fingerprint density at radius 3 is 1.11 bits per heavy atom. The van der Waals surface area contributed by atoms with E-state index < -0.39 is 12.1 Å². The number of hydrogen-bond acceptors (Lipinski definition) is 6. The topological polar surface area (TPSA) is 78.9 Å². The predicted molar refractivity (Wildman–Crippen MR) is 260 cm³/mol. The summed E-state index contributed by atoms with van der Waals surface area (Å²) in [6.45, 7) is 6.23. The summed E-state index contributed by atoms with van der Waals surface area (Å²) in [5.74, 6) is -1.15. The fraction of sp³-hybridized carbons (Fsp3) is 0.618. The first-order chi connectivity index (χ1) is 30.0. The second-order valence-corrected chi connectivity index (χ2v) is 15.6. The van der Waals surface area contributed by atoms with Crippen molar-refractivity contribution in [1.82, 2.24) is 0 Å². The lowest BCUT2D eigenvalue weighted by atomic mass is 10.0. The van der Waals surface area contributed by atoms with Crippen LogP contribution in [-0.2, 0) is 28.6 Å². The minimum Gasteiger partial charge on any atom is -0.462 e. The van der Waals surface area contributed by atoms with Crippen LogP contribution in [0, 0.1) is 0 Å². The van der Waals surface area contributed by atoms with Crippen molar-refractivity contribution in [1.29, 1.82) is 0 Å². The molecule has 0 aromatic rings. The van der Waals surface area contributed by atoms with Crippen LogP contribution in [-0.4, -0.2) is 37.2 Å². The molecule has 1 atom stereocenters. The lowest BCUT2D eigenvalue weighted by Gasteiger charge is -2.18. The molecule has 6 nitrogen and oxygen atoms in total. The van der Waals surface area contributed by atoms with Crippen molar-refractivity contribution in [2.24, 2.45) is 0 Å². The summed E-state index contributed by atoms with van der Waals surface area (Å²) in [5, 5.41) is 0. The van der Waals surface area contributed by atoms with Crippen LogP contribution in [0.4, 0.5) is 0 Å². The fourth-order valence-corrected chi connectivity index (χ4v) is 6.23. The Hall–Kier alpha value is -3.93. The number of allylic oxidation sites excluding steroid dienone is 17. The number of esters is 3. The van der Waals surface area contributed by atoms with E-state index in [2.05, 4.69) is 106 Å². The van der Waals surface area contributed by atoms with Crippen LogP contribution in [0.25, 0.3) is 0 Å². The summed E-state index contributed by atoms with van der Waals surface area (Å²) in [4.78, 5) is 37.7. The molecule has 0 amide bonds. The molecule has 0 aliphatic rings. The van der Waals surface area contributed by atoms with Crippen molar-refractivity contribution in [2.45, 2.75) is 207 Å². The third kappa shape index (κ3) is 47.0. The van der Waals surface area contributed by atoms with Gasteiger partial charge < -0.3 is 14.2 Å². The molecule has 0 aliphatic carbocycles. The van der Waals surface area contributed by atoms with E-state index in [4.69, 9.17) is 14.2 Å². The number of rotatable bonds is 42. The molecule has 0 saturated heterocycles. The van der Waals surface area contributed by atoms with Crippen molar-refractivity contribution >= 4 is 17.9 Å². The van der Waals surface area contributed by atoms with Crippen molar-refractivity contribution in [3.8, 4) is 0 Å². The lowest BCUT2D eigenvalue weighted by molar-refractivity contribution is -0.166. The van der Waals surface area contributed by atoms with Crippen LogP contribution >= 0.6 is 0 Å². The number of carbonyl (C=O) groups is 3. The first-order valence-corrected chi connectivity index (χ1v) is 24.4. The monoisotopic (exact) mass is 845 g/mol. The van der Waals surface area contributed by atoms with E-state index in [1.54, 1.807) is 6.08 Å². The summed E-state index contributed by atoms with van der Waals surface area (Å²) >= 11 is 0. The van der Waals surface area contributed by atoms with Crippen molar-refractivity contribution in [2.75, 3.05) is 13.2 Å². The fourth-order valence-electron chi connectivity index (χ4n) is 6.23. The molecule has 0 aromatic heterocycles. The van der Waals surface area contributed by atoms with Crippen LogP contribution in [0.5, 0.6) is 0 Å². The molecule has 6 heteroatoms. The van der Waals surface area contributed by atoms with E-state index in [-0.39, 0.29) is 38.0 Å². The van der Waals surface area contributed by atoms with Crippen molar-refractivity contribution in [3.63, 3.8) is 0 Å². The molecule has 0 saturated carbocycles. The van der Waals surface area contributed by atoms with Gasteiger partial charge in [0.05, 0.1) is 6.42 Å². The quantitative estimate of drug-likeness (QED) is 0.0264. The standard InChI is InChI=1S/C55H88O6/c1-4-7-10-13-16-19-21-23-25-26-27-28-30-31-33-36-39-42-45-48-54(57)60-51-52(50-59-53(56)47-44-41-38-35-18-15-12-9-6-3)61-55(58)49-46-43-40-37-34-32-29-24-22-20-17-14-11-8-5-2/h7,9-10,12,16,18-19,23,25,27-28,31,33,35,39,41-42,44,52H,4-6,8,11,13-15,17,20-22,24,26,29-30,32,34,36-38,40,43,45-51H2,1-3H3/b10-7-,12-9-,19-16-,25-23-,28-27-,33-31-,35-18-,42-39-,44-41-. The third-order valence-electron chi connectivity index (χ3n) is 9.82. The zero-order valence-corrected chi connectivity index (χ0v) is 39.1. The lowest BCUT2D eigenvalue weighted by Crippen LogP contribution is -2.30. The Kier molecular flexibility index (Phi) is 45.6. The second kappa shape index (κ2) is 48.7. The van der Waals surface area contributed by atoms with Gasteiger partial charge in [0.15, 0.2) is 6.10 Å². The summed E-state index contributed by atoms with van der Waals surface area (Å²) in [6, 6.07) is 0. The molecule has 0 fully saturated rings. The molecule has 0 N–H and O–H groups in total. The van der Waals surface area contributed by atoms with E-state index in [0.29, 0.717) is 12.8 Å². The van der Waals surface area contributed by atoms with Gasteiger partial charge in [-0.05, 0) is 70.6 Å². The van der Waals surface area contributed by atoms with Gasteiger partial charge in [0.2, 0.25) is 0 Å². The Morgan fingerprint density at radius 1 is 0.361 bits per heavy atom. The highest BCUT2D eigenvalue weighted by molar-refractivity contribution is 5.72. The van der Waals surface area contributed by atoms with Crippen molar-refractivity contribution in [3.05, 3.63) is 109 Å². The normalized spacial score (nSPS) is 13.0. The maximum atomic E-state index is 12.7. The van der Waals surface area contributed by atoms with Crippen LogP contribution in [0.1, 0.15) is 201 Å². The molecule has 0 aliphatic heterocycles. The summed E-state index contributed by atoms with van der Waals surface area (Å²) in [7, 11) is 0. The van der Waals surface area contributed by atoms with Gasteiger partial charge in [0.25, 0.3) is 0 Å². The maximum absolute atomic E-state index is 12.7. The van der Waals surface area contributed by atoms with Gasteiger partial charge in [-0.15, -0.1) is 0 Å². The molecule has 1 unspecified atom stereocenters. The van der Waals surface area contributed by atoms with Crippen LogP contribution in [0.15, 0.2) is 109 Å². The smallest absolute Gasteiger partial charge is 0.309 e. The Balaban J connectivity index is 4.51. The zero-order chi connectivity index (χ0) is 44.4. The van der Waals surface area contributed by atoms with Gasteiger partial charge in [0.1, 0.15) is 13.2 Å². The highest BCUT2D eigenvalue weighted by atomic mass is 16.6. The highest BCUT2D eigenvalue weighted by Gasteiger charge is 2.19. The average molecular weight is 845 g/mol. The van der Waals surface area contributed by atoms with E-state index in [1.165, 1.54) is 77.0 Å². The van der Waals surface area contributed by atoms with Crippen molar-refractivity contribution < 1.29 is 28.6 Å². The Labute approximate surface area is 374 Å². The van der Waals surface area contributed by atoms with E-state index in [0.717, 1.165) is 77.0 Å². The van der Waals surface area contributed by atoms with E-state index >= 15 is 0 Å². The van der Waals surface area contributed by atoms with Crippen LogP contribution < -0.4 is 0 Å². The van der Waals surface area contributed by atoms with Gasteiger partial charge in [-0.25, -0.2) is 0 Å². The number of ether oxygens (including phenoxy) is 3. The van der Waals surface area contributed by atoms with Crippen LogP contribution in [0.2, 0.25) is 0 Å². The van der Waals surface area contributed by atoms with Gasteiger partial charge in [-0.2, -0.15) is 0 Å². The molecule has 0 spiro atoms. The number of unbranched alkanes of at least 4 members (excludes halogenated alkanes) is 14. The molecule has 0 aromatic carbocycles. The van der Waals surface area contributed by atoms with Gasteiger partial charge in [0, 0.05) is 12.8 Å². The predicted octanol–water partition coefficient (Wildman–Crippen LogP) is 16.0. The molecule has 0 heterocycles. The summed E-state index contributed by atoms with van der Waals surface area (Å²) < 4.78 is 16.5. The Bertz CT molecular complexity index is 1290. The third-order valence-corrected chi connectivity index (χ3v) is 9.82. The first kappa shape index (κ1) is 57.1. The SMILES string of the molecule is CC/C=C\C/C=C\C/C=C\C/C=C\C/C=C\C/C=C\CCC(=O)OCC(COC(=O)C/C=C\C/C=C\C/C=C\CC)OC(=O)CCCCCCCCCCCCCCCCC. The number of hydrogen-bond donors (Lipinski definition) is 0. The van der Waals surface area contributed by atoms with Gasteiger partial charge in [-0.3, -0.25) is 14.4 Å². The van der Waals surface area contributed by atoms with Crippen LogP contribution in [0.3, 0.4) is 0 Å². The molecule has 344 valence electrons. The Morgan fingerprint density at radius 2 is 0.705 bits per heavy atom. The second-order valence-electron chi connectivity index (χ2n) is 15.6. The highest BCUT2D eigenvalue weighted by Crippen LogP contribution is 2.14. The maximum Gasteiger partial charge on any atom is 0.309 e. The zero-order valence-electron chi connectivity index (χ0n) is 39.1. The molecular formula is C55H88O6. The largest absolute Gasteiger partial charge is 0.462 e. The molecule has 0 bridgehead atoms. The van der Waals surface area contributed by atoms with E-state index in [9.17, 15) is 14.4 Å². The number of carbonyl (C=O) groups excluding carboxylic acids is 3. The van der Waals surface area contributed by atoms with Gasteiger partial charge in [-0.1, -0.05) is 220 Å². The minimum atomic E-state index is -0.842.